The predicted molar refractivity (Wildman–Crippen MR) is 94.8 cm³/mol. The van der Waals surface area contributed by atoms with Crippen LogP contribution in [0.4, 0.5) is 4.79 Å². The van der Waals surface area contributed by atoms with Gasteiger partial charge in [-0.1, -0.05) is 30.3 Å². The number of hydrogen-bond donors (Lipinski definition) is 2. The lowest BCUT2D eigenvalue weighted by molar-refractivity contribution is 0.0164. The van der Waals surface area contributed by atoms with Gasteiger partial charge in [-0.2, -0.15) is 0 Å². The number of nitrogens with zero attached hydrogens (tertiary/aromatic N) is 1. The smallest absolute Gasteiger partial charge is 0.410 e. The molecule has 2 N–H and O–H groups in total. The molecule has 1 aromatic carbocycles. The molecule has 5 heteroatoms. The number of hydrogen-bond acceptors (Lipinski definition) is 4. The van der Waals surface area contributed by atoms with Crippen LogP contribution in [0.3, 0.4) is 0 Å². The second kappa shape index (κ2) is 8.49. The van der Waals surface area contributed by atoms with Gasteiger partial charge in [0, 0.05) is 19.6 Å². The van der Waals surface area contributed by atoms with Gasteiger partial charge in [0.25, 0.3) is 0 Å². The van der Waals surface area contributed by atoms with E-state index < -0.39 is 5.60 Å². The van der Waals surface area contributed by atoms with Crippen LogP contribution < -0.4 is 5.32 Å². The molecule has 24 heavy (non-hydrogen) atoms. The Balaban J connectivity index is 1.85. The van der Waals surface area contributed by atoms with Crippen LogP contribution in [-0.2, 0) is 4.74 Å². The van der Waals surface area contributed by atoms with Crippen molar-refractivity contribution in [1.82, 2.24) is 10.2 Å². The molecule has 5 nitrogen and oxygen atoms in total. The lowest BCUT2D eigenvalue weighted by atomic mass is 9.97. The summed E-state index contributed by atoms with van der Waals surface area (Å²) in [6, 6.07) is 9.89. The van der Waals surface area contributed by atoms with E-state index in [0.29, 0.717) is 12.5 Å². The minimum atomic E-state index is -0.461. The van der Waals surface area contributed by atoms with E-state index in [0.717, 1.165) is 31.5 Å². The number of rotatable bonds is 5. The second-order valence-corrected chi connectivity index (χ2v) is 7.49. The molecule has 1 aliphatic heterocycles. The number of benzene rings is 1. The van der Waals surface area contributed by atoms with Gasteiger partial charge in [-0.3, -0.25) is 0 Å². The first kappa shape index (κ1) is 18.7. The molecule has 0 radical (unpaired) electrons. The monoisotopic (exact) mass is 334 g/mol. The zero-order valence-corrected chi connectivity index (χ0v) is 15.0. The third-order valence-electron chi connectivity index (χ3n) is 4.21. The maximum absolute atomic E-state index is 12.2. The Morgan fingerprint density at radius 1 is 1.38 bits per heavy atom. The summed E-state index contributed by atoms with van der Waals surface area (Å²) in [6.45, 7) is 7.97. The van der Waals surface area contributed by atoms with Gasteiger partial charge in [-0.15, -0.1) is 0 Å². The van der Waals surface area contributed by atoms with Gasteiger partial charge in [0.15, 0.2) is 0 Å². The highest BCUT2D eigenvalue weighted by molar-refractivity contribution is 5.68. The van der Waals surface area contributed by atoms with Crippen molar-refractivity contribution in [1.29, 1.82) is 0 Å². The third-order valence-corrected chi connectivity index (χ3v) is 4.21. The van der Waals surface area contributed by atoms with Crippen molar-refractivity contribution in [3.05, 3.63) is 35.9 Å². The van der Waals surface area contributed by atoms with Crippen molar-refractivity contribution in [2.45, 2.75) is 45.3 Å². The van der Waals surface area contributed by atoms with Crippen LogP contribution in [0.5, 0.6) is 0 Å². The average Bonchev–Trinajstić information content (AvgIpc) is 2.55. The number of ether oxygens (including phenoxy) is 1. The molecular weight excluding hydrogens is 304 g/mol. The Hall–Kier alpha value is -1.59. The van der Waals surface area contributed by atoms with Gasteiger partial charge in [-0.05, 0) is 45.1 Å². The summed E-state index contributed by atoms with van der Waals surface area (Å²) in [5.41, 5.74) is 0.622. The van der Waals surface area contributed by atoms with Crippen LogP contribution in [0.15, 0.2) is 30.3 Å². The molecule has 1 fully saturated rings. The van der Waals surface area contributed by atoms with E-state index in [2.05, 4.69) is 5.32 Å². The van der Waals surface area contributed by atoms with Crippen molar-refractivity contribution in [2.75, 3.05) is 26.2 Å². The van der Waals surface area contributed by atoms with Crippen molar-refractivity contribution in [3.63, 3.8) is 0 Å². The minimum absolute atomic E-state index is 0.0620. The van der Waals surface area contributed by atoms with Crippen LogP contribution in [-0.4, -0.2) is 47.9 Å². The van der Waals surface area contributed by atoms with E-state index in [9.17, 15) is 9.90 Å². The van der Waals surface area contributed by atoms with Crippen molar-refractivity contribution in [3.8, 4) is 0 Å². The molecule has 1 aliphatic rings. The molecule has 1 unspecified atom stereocenters. The highest BCUT2D eigenvalue weighted by atomic mass is 16.6. The number of amides is 1. The van der Waals surface area contributed by atoms with Crippen molar-refractivity contribution < 1.29 is 14.6 Å². The first-order valence-electron chi connectivity index (χ1n) is 8.76. The largest absolute Gasteiger partial charge is 0.444 e. The summed E-state index contributed by atoms with van der Waals surface area (Å²) in [5.74, 6) is 0.379. The molecule has 0 bridgehead atoms. The summed E-state index contributed by atoms with van der Waals surface area (Å²) in [6.07, 6.45) is 1.84. The maximum atomic E-state index is 12.2. The standard InChI is InChI=1S/C19H30N2O3/c1-19(2,3)24-18(23)21-11-7-8-15(13-21)12-20-17(14-22)16-9-5-4-6-10-16/h4-6,9-10,15,17,20,22H,7-8,11-14H2,1-3H3/t15?,17-/m0/s1. The molecule has 0 aromatic heterocycles. The minimum Gasteiger partial charge on any atom is -0.444 e. The first-order chi connectivity index (χ1) is 11.4. The van der Waals surface area contributed by atoms with E-state index in [1.165, 1.54) is 0 Å². The Labute approximate surface area is 145 Å². The normalized spacial score (nSPS) is 19.8. The molecule has 0 aliphatic carbocycles. The predicted octanol–water partition coefficient (Wildman–Crippen LogP) is 2.96. The van der Waals surface area contributed by atoms with Crippen LogP contribution in [0.1, 0.15) is 45.2 Å². The molecule has 0 spiro atoms. The van der Waals surface area contributed by atoms with Crippen molar-refractivity contribution >= 4 is 6.09 Å². The molecule has 2 rings (SSSR count). The number of aliphatic hydroxyl groups is 1. The molecular formula is C19H30N2O3. The highest BCUT2D eigenvalue weighted by Gasteiger charge is 2.27. The Kier molecular flexibility index (Phi) is 6.63. The van der Waals surface area contributed by atoms with Gasteiger partial charge in [0.05, 0.1) is 12.6 Å². The summed E-state index contributed by atoms with van der Waals surface area (Å²) >= 11 is 0. The fourth-order valence-electron chi connectivity index (χ4n) is 3.01. The van der Waals surface area contributed by atoms with Crippen LogP contribution in [0.2, 0.25) is 0 Å². The lowest BCUT2D eigenvalue weighted by Crippen LogP contribution is -2.45. The highest BCUT2D eigenvalue weighted by Crippen LogP contribution is 2.20. The zero-order chi connectivity index (χ0) is 17.6. The molecule has 2 atom stereocenters. The van der Waals surface area contributed by atoms with Gasteiger partial charge >= 0.3 is 6.09 Å². The van der Waals surface area contributed by atoms with Gasteiger partial charge in [-0.25, -0.2) is 4.79 Å². The SMILES string of the molecule is CC(C)(C)OC(=O)N1CCCC(CN[C@@H](CO)c2ccccc2)C1. The summed E-state index contributed by atoms with van der Waals surface area (Å²) in [7, 11) is 0. The molecule has 1 amide bonds. The van der Waals surface area contributed by atoms with Crippen LogP contribution >= 0.6 is 0 Å². The van der Waals surface area contributed by atoms with Gasteiger partial charge in [0.2, 0.25) is 0 Å². The molecule has 1 aromatic rings. The van der Waals surface area contributed by atoms with E-state index in [1.54, 1.807) is 4.90 Å². The number of aliphatic hydroxyl groups excluding tert-OH is 1. The quantitative estimate of drug-likeness (QED) is 0.869. The fourth-order valence-corrected chi connectivity index (χ4v) is 3.01. The molecule has 0 saturated carbocycles. The summed E-state index contributed by atoms with van der Waals surface area (Å²) in [4.78, 5) is 14.0. The number of likely N-dealkylation sites (tertiary alicyclic amines) is 1. The molecule has 134 valence electrons. The number of nitrogens with one attached hydrogen (secondary N) is 1. The van der Waals surface area contributed by atoms with Gasteiger partial charge < -0.3 is 20.1 Å². The zero-order valence-electron chi connectivity index (χ0n) is 15.0. The third kappa shape index (κ3) is 5.80. The Bertz CT molecular complexity index is 513. The van der Waals surface area contributed by atoms with E-state index in [1.807, 2.05) is 51.1 Å². The number of piperidine rings is 1. The number of carbonyl (C=O) groups excluding carboxylic acids is 1. The second-order valence-electron chi connectivity index (χ2n) is 7.49. The first-order valence-corrected chi connectivity index (χ1v) is 8.76. The van der Waals surface area contributed by atoms with E-state index >= 15 is 0 Å². The Morgan fingerprint density at radius 2 is 2.08 bits per heavy atom. The maximum Gasteiger partial charge on any atom is 0.410 e. The Morgan fingerprint density at radius 3 is 2.71 bits per heavy atom. The van der Waals surface area contributed by atoms with E-state index in [4.69, 9.17) is 4.74 Å². The summed E-state index contributed by atoms with van der Waals surface area (Å²) in [5, 5.41) is 13.1. The van der Waals surface area contributed by atoms with E-state index in [-0.39, 0.29) is 18.7 Å². The topological polar surface area (TPSA) is 61.8 Å². The summed E-state index contributed by atoms with van der Waals surface area (Å²) < 4.78 is 5.47. The fraction of sp³-hybridized carbons (Fsp3) is 0.632. The lowest BCUT2D eigenvalue weighted by Gasteiger charge is -2.34. The van der Waals surface area contributed by atoms with Crippen molar-refractivity contribution in [2.24, 2.45) is 5.92 Å². The van der Waals surface area contributed by atoms with Gasteiger partial charge in [0.1, 0.15) is 5.60 Å². The number of carbonyl (C=O) groups is 1. The molecule has 1 saturated heterocycles. The van der Waals surface area contributed by atoms with Crippen LogP contribution in [0, 0.1) is 5.92 Å². The van der Waals surface area contributed by atoms with Crippen LogP contribution in [0.25, 0.3) is 0 Å². The molecule has 1 heterocycles. The average molecular weight is 334 g/mol.